The molecule has 0 atom stereocenters. The Hall–Kier alpha value is -5.40. The van der Waals surface area contributed by atoms with E-state index in [-0.39, 0.29) is 0 Å². The summed E-state index contributed by atoms with van der Waals surface area (Å²) < 4.78 is 2.51. The molecule has 9 rings (SSSR count). The monoisotopic (exact) mass is 519 g/mol. The molecule has 0 saturated carbocycles. The quantitative estimate of drug-likeness (QED) is 0.205. The number of rotatable bonds is 3. The molecule has 0 aliphatic rings. The number of hydrogen-bond donors (Lipinski definition) is 0. The van der Waals surface area contributed by atoms with Crippen LogP contribution in [0.4, 0.5) is 0 Å². The van der Waals surface area contributed by atoms with Gasteiger partial charge in [0.25, 0.3) is 0 Å². The topological polar surface area (TPSA) is 4.93 Å². The summed E-state index contributed by atoms with van der Waals surface area (Å²) in [7, 11) is 0. The predicted octanol–water partition coefficient (Wildman–Crippen LogP) is 11.0. The van der Waals surface area contributed by atoms with Crippen LogP contribution in [0.3, 0.4) is 0 Å². The lowest BCUT2D eigenvalue weighted by atomic mass is 9.92. The van der Waals surface area contributed by atoms with Crippen molar-refractivity contribution < 1.29 is 0 Å². The van der Waals surface area contributed by atoms with Crippen LogP contribution in [0.15, 0.2) is 152 Å². The van der Waals surface area contributed by atoms with E-state index in [4.69, 9.17) is 0 Å². The second-order valence-corrected chi connectivity index (χ2v) is 10.9. The van der Waals surface area contributed by atoms with Gasteiger partial charge in [-0.3, -0.25) is 0 Å². The Morgan fingerprint density at radius 3 is 1.78 bits per heavy atom. The molecular formula is C40H25N. The van der Waals surface area contributed by atoms with E-state index in [9.17, 15) is 0 Å². The zero-order valence-electron chi connectivity index (χ0n) is 22.4. The lowest BCUT2D eigenvalue weighted by molar-refractivity contribution is 1.14. The van der Waals surface area contributed by atoms with E-state index < -0.39 is 0 Å². The molecule has 1 aromatic heterocycles. The maximum atomic E-state index is 2.51. The number of hydrogen-bond acceptors (Lipinski definition) is 0. The number of benzene rings is 8. The van der Waals surface area contributed by atoms with E-state index in [0.29, 0.717) is 0 Å². The third kappa shape index (κ3) is 3.24. The first kappa shape index (κ1) is 22.4. The minimum absolute atomic E-state index is 1.17. The smallest absolute Gasteiger partial charge is 0.0620 e. The number of aromatic nitrogens is 1. The van der Waals surface area contributed by atoms with Crippen LogP contribution < -0.4 is 0 Å². The van der Waals surface area contributed by atoms with Gasteiger partial charge in [0.2, 0.25) is 0 Å². The molecule has 0 N–H and O–H groups in total. The molecule has 0 aliphatic carbocycles. The standard InChI is InChI=1S/C40H25N/c1-2-11-27(12-3-1)32-16-6-7-17-33(32)37-25-36-34-18-8-14-28-20-21-29-15-9-19-35(39(29)38(28)34)40(36)41(37)31-23-22-26-10-4-5-13-30(26)24-31/h1-25H. The molecule has 8 aromatic carbocycles. The molecule has 0 spiro atoms. The summed E-state index contributed by atoms with van der Waals surface area (Å²) in [5, 5.41) is 11.6. The number of fused-ring (bicyclic) bond motifs is 4. The fourth-order valence-corrected chi connectivity index (χ4v) is 6.92. The van der Waals surface area contributed by atoms with Crippen LogP contribution in [-0.4, -0.2) is 4.57 Å². The van der Waals surface area contributed by atoms with Crippen LogP contribution in [0.25, 0.3) is 82.1 Å². The van der Waals surface area contributed by atoms with Crippen LogP contribution in [0.2, 0.25) is 0 Å². The predicted molar refractivity (Wildman–Crippen MR) is 175 cm³/mol. The highest BCUT2D eigenvalue weighted by Gasteiger charge is 2.22. The Morgan fingerprint density at radius 1 is 0.366 bits per heavy atom. The summed E-state index contributed by atoms with van der Waals surface area (Å²) in [6.07, 6.45) is 0. The van der Waals surface area contributed by atoms with Gasteiger partial charge < -0.3 is 4.57 Å². The van der Waals surface area contributed by atoms with Gasteiger partial charge in [-0.2, -0.15) is 0 Å². The minimum Gasteiger partial charge on any atom is -0.309 e. The van der Waals surface area contributed by atoms with Gasteiger partial charge >= 0.3 is 0 Å². The lowest BCUT2D eigenvalue weighted by Gasteiger charge is -2.17. The van der Waals surface area contributed by atoms with Crippen LogP contribution in [-0.2, 0) is 0 Å². The van der Waals surface area contributed by atoms with Gasteiger partial charge in [0.15, 0.2) is 0 Å². The van der Waals surface area contributed by atoms with Crippen molar-refractivity contribution in [1.29, 1.82) is 0 Å². The van der Waals surface area contributed by atoms with Crippen molar-refractivity contribution in [3.05, 3.63) is 152 Å². The van der Waals surface area contributed by atoms with E-state index >= 15 is 0 Å². The van der Waals surface area contributed by atoms with Crippen LogP contribution >= 0.6 is 0 Å². The van der Waals surface area contributed by atoms with E-state index in [1.165, 1.54) is 82.1 Å². The Bertz CT molecular complexity index is 2410. The Kier molecular flexibility index (Phi) is 4.67. The molecule has 0 saturated heterocycles. The largest absolute Gasteiger partial charge is 0.309 e. The Labute approximate surface area is 237 Å². The first-order chi connectivity index (χ1) is 20.3. The zero-order valence-corrected chi connectivity index (χ0v) is 22.4. The fraction of sp³-hybridized carbons (Fsp3) is 0. The van der Waals surface area contributed by atoms with Gasteiger partial charge in [-0.05, 0) is 67.0 Å². The average Bonchev–Trinajstić information content (AvgIpc) is 3.45. The highest BCUT2D eigenvalue weighted by atomic mass is 15.0. The molecule has 0 bridgehead atoms. The van der Waals surface area contributed by atoms with Crippen molar-refractivity contribution in [3.63, 3.8) is 0 Å². The molecule has 0 unspecified atom stereocenters. The molecule has 1 heterocycles. The highest BCUT2D eigenvalue weighted by molar-refractivity contribution is 6.34. The normalized spacial score (nSPS) is 11.9. The molecule has 0 fully saturated rings. The summed E-state index contributed by atoms with van der Waals surface area (Å²) in [4.78, 5) is 0. The van der Waals surface area contributed by atoms with Crippen molar-refractivity contribution in [2.24, 2.45) is 0 Å². The van der Waals surface area contributed by atoms with Crippen molar-refractivity contribution in [3.8, 4) is 28.1 Å². The SMILES string of the molecule is c1ccc(-c2ccccc2-c2cc3c4cccc5ccc6cccc(c6c54)c3n2-c2ccc3ccccc3c2)cc1. The highest BCUT2D eigenvalue weighted by Crippen LogP contribution is 2.45. The third-order valence-corrected chi connectivity index (χ3v) is 8.71. The Balaban J connectivity index is 1.50. The Morgan fingerprint density at radius 2 is 0.976 bits per heavy atom. The summed E-state index contributed by atoms with van der Waals surface area (Å²) >= 11 is 0. The molecular weight excluding hydrogens is 494 g/mol. The first-order valence-corrected chi connectivity index (χ1v) is 14.2. The van der Waals surface area contributed by atoms with Gasteiger partial charge in [0.05, 0.1) is 11.2 Å². The molecule has 9 aromatic rings. The second kappa shape index (κ2) is 8.55. The zero-order chi connectivity index (χ0) is 26.9. The van der Waals surface area contributed by atoms with E-state index in [2.05, 4.69) is 156 Å². The van der Waals surface area contributed by atoms with Crippen molar-refractivity contribution in [2.45, 2.75) is 0 Å². The summed E-state index contributed by atoms with van der Waals surface area (Å²) in [5.41, 5.74) is 7.32. The van der Waals surface area contributed by atoms with Crippen LogP contribution in [0, 0.1) is 0 Å². The van der Waals surface area contributed by atoms with E-state index in [1.54, 1.807) is 0 Å². The molecule has 0 aliphatic heterocycles. The van der Waals surface area contributed by atoms with E-state index in [1.807, 2.05) is 0 Å². The fourth-order valence-electron chi connectivity index (χ4n) is 6.92. The number of nitrogens with zero attached hydrogens (tertiary/aromatic N) is 1. The lowest BCUT2D eigenvalue weighted by Crippen LogP contribution is -1.99. The van der Waals surface area contributed by atoms with Crippen molar-refractivity contribution in [1.82, 2.24) is 4.57 Å². The minimum atomic E-state index is 1.17. The van der Waals surface area contributed by atoms with Gasteiger partial charge in [0.1, 0.15) is 0 Å². The third-order valence-electron chi connectivity index (χ3n) is 8.71. The maximum Gasteiger partial charge on any atom is 0.0620 e. The molecule has 1 heteroatoms. The van der Waals surface area contributed by atoms with Gasteiger partial charge in [-0.15, -0.1) is 0 Å². The average molecular weight is 520 g/mol. The molecule has 0 amide bonds. The molecule has 41 heavy (non-hydrogen) atoms. The summed E-state index contributed by atoms with van der Waals surface area (Å²) in [6.45, 7) is 0. The van der Waals surface area contributed by atoms with Crippen molar-refractivity contribution in [2.75, 3.05) is 0 Å². The second-order valence-electron chi connectivity index (χ2n) is 10.9. The van der Waals surface area contributed by atoms with Crippen LogP contribution in [0.1, 0.15) is 0 Å². The molecule has 190 valence electrons. The molecule has 1 nitrogen and oxygen atoms in total. The molecule has 0 radical (unpaired) electrons. The van der Waals surface area contributed by atoms with Gasteiger partial charge in [0, 0.05) is 22.0 Å². The summed E-state index contributed by atoms with van der Waals surface area (Å²) in [5.74, 6) is 0. The first-order valence-electron chi connectivity index (χ1n) is 14.2. The van der Waals surface area contributed by atoms with Gasteiger partial charge in [-0.25, -0.2) is 0 Å². The maximum absolute atomic E-state index is 2.51. The van der Waals surface area contributed by atoms with E-state index in [0.717, 1.165) is 0 Å². The summed E-state index contributed by atoms with van der Waals surface area (Å²) in [6, 6.07) is 55.5. The van der Waals surface area contributed by atoms with Crippen molar-refractivity contribution >= 4 is 54.0 Å². The van der Waals surface area contributed by atoms with Gasteiger partial charge in [-0.1, -0.05) is 133 Å². The van der Waals surface area contributed by atoms with Crippen LogP contribution in [0.5, 0.6) is 0 Å².